The van der Waals surface area contributed by atoms with E-state index in [1.165, 1.54) is 5.56 Å². The first-order valence-electron chi connectivity index (χ1n) is 5.87. The van der Waals surface area contributed by atoms with Crippen LogP contribution in [0, 0.1) is 5.82 Å². The maximum atomic E-state index is 13.5. The molecule has 3 heteroatoms. The highest BCUT2D eigenvalue weighted by Crippen LogP contribution is 2.23. The van der Waals surface area contributed by atoms with Gasteiger partial charge < -0.3 is 5.32 Å². The van der Waals surface area contributed by atoms with Crippen molar-refractivity contribution in [3.8, 4) is 0 Å². The molecule has 0 spiro atoms. The van der Waals surface area contributed by atoms with Crippen LogP contribution in [-0.4, -0.2) is 7.05 Å². The van der Waals surface area contributed by atoms with E-state index in [-0.39, 0.29) is 11.9 Å². The van der Waals surface area contributed by atoms with Gasteiger partial charge in [0.25, 0.3) is 0 Å². The van der Waals surface area contributed by atoms with Crippen molar-refractivity contribution in [2.24, 2.45) is 0 Å². The van der Waals surface area contributed by atoms with Crippen LogP contribution >= 0.6 is 15.9 Å². The van der Waals surface area contributed by atoms with Gasteiger partial charge >= 0.3 is 0 Å². The Labute approximate surface area is 115 Å². The van der Waals surface area contributed by atoms with Crippen LogP contribution in [0.15, 0.2) is 53.0 Å². The van der Waals surface area contributed by atoms with Crippen molar-refractivity contribution in [1.82, 2.24) is 5.32 Å². The van der Waals surface area contributed by atoms with E-state index in [9.17, 15) is 4.39 Å². The Morgan fingerprint density at radius 2 is 1.89 bits per heavy atom. The molecular formula is C15H15BrFN. The van der Waals surface area contributed by atoms with E-state index in [4.69, 9.17) is 0 Å². The van der Waals surface area contributed by atoms with E-state index in [1.54, 1.807) is 12.1 Å². The number of hydrogen-bond donors (Lipinski definition) is 1. The Hall–Kier alpha value is -1.19. The molecule has 0 bridgehead atoms. The molecule has 1 unspecified atom stereocenters. The topological polar surface area (TPSA) is 12.0 Å². The number of halogens is 2. The summed E-state index contributed by atoms with van der Waals surface area (Å²) in [7, 11) is 1.90. The second-order valence-electron chi connectivity index (χ2n) is 4.20. The lowest BCUT2D eigenvalue weighted by molar-refractivity contribution is 0.575. The molecule has 1 atom stereocenters. The van der Waals surface area contributed by atoms with Crippen molar-refractivity contribution < 1.29 is 4.39 Å². The Kier molecular flexibility index (Phi) is 4.50. The molecule has 0 aliphatic heterocycles. The molecule has 0 heterocycles. The van der Waals surface area contributed by atoms with E-state index in [1.807, 2.05) is 31.3 Å². The lowest BCUT2D eigenvalue weighted by Crippen LogP contribution is -2.19. The SMILES string of the molecule is CNC(Cc1ccccc1)c1ccc(Br)c(F)c1. The van der Waals surface area contributed by atoms with Crippen molar-refractivity contribution >= 4 is 15.9 Å². The average Bonchev–Trinajstić information content (AvgIpc) is 2.40. The van der Waals surface area contributed by atoms with Crippen molar-refractivity contribution in [1.29, 1.82) is 0 Å². The highest BCUT2D eigenvalue weighted by Gasteiger charge is 2.11. The maximum Gasteiger partial charge on any atom is 0.137 e. The molecule has 0 radical (unpaired) electrons. The Bertz CT molecular complexity index is 513. The molecule has 2 aromatic rings. The van der Waals surface area contributed by atoms with Gasteiger partial charge in [-0.1, -0.05) is 36.4 Å². The van der Waals surface area contributed by atoms with Gasteiger partial charge in [0, 0.05) is 6.04 Å². The molecule has 2 rings (SSSR count). The second-order valence-corrected chi connectivity index (χ2v) is 5.06. The van der Waals surface area contributed by atoms with Gasteiger partial charge in [0.1, 0.15) is 5.82 Å². The highest BCUT2D eigenvalue weighted by molar-refractivity contribution is 9.10. The van der Waals surface area contributed by atoms with Crippen LogP contribution in [0.1, 0.15) is 17.2 Å². The quantitative estimate of drug-likeness (QED) is 0.897. The second kappa shape index (κ2) is 6.12. The van der Waals surface area contributed by atoms with Crippen LogP contribution in [0.3, 0.4) is 0 Å². The van der Waals surface area contributed by atoms with E-state index < -0.39 is 0 Å². The molecule has 0 aliphatic rings. The van der Waals surface area contributed by atoms with Gasteiger partial charge in [0.05, 0.1) is 4.47 Å². The summed E-state index contributed by atoms with van der Waals surface area (Å²) in [5.74, 6) is -0.221. The first-order valence-corrected chi connectivity index (χ1v) is 6.66. The first kappa shape index (κ1) is 13.2. The minimum Gasteiger partial charge on any atom is -0.313 e. The summed E-state index contributed by atoms with van der Waals surface area (Å²) in [5, 5.41) is 3.23. The summed E-state index contributed by atoms with van der Waals surface area (Å²) < 4.78 is 14.0. The minimum atomic E-state index is -0.221. The van der Waals surface area contributed by atoms with Gasteiger partial charge in [0.2, 0.25) is 0 Å². The van der Waals surface area contributed by atoms with Crippen molar-refractivity contribution in [3.63, 3.8) is 0 Å². The minimum absolute atomic E-state index is 0.120. The fourth-order valence-corrected chi connectivity index (χ4v) is 2.21. The summed E-state index contributed by atoms with van der Waals surface area (Å²) >= 11 is 3.17. The van der Waals surface area contributed by atoms with Crippen LogP contribution in [0.2, 0.25) is 0 Å². The lowest BCUT2D eigenvalue weighted by Gasteiger charge is -2.17. The van der Waals surface area contributed by atoms with Gasteiger partial charge in [-0.25, -0.2) is 4.39 Å². The van der Waals surface area contributed by atoms with Crippen molar-refractivity contribution in [2.45, 2.75) is 12.5 Å². The summed E-state index contributed by atoms with van der Waals surface area (Å²) in [6.45, 7) is 0. The van der Waals surface area contributed by atoms with Gasteiger partial charge in [-0.2, -0.15) is 0 Å². The largest absolute Gasteiger partial charge is 0.313 e. The van der Waals surface area contributed by atoms with Gasteiger partial charge in [0.15, 0.2) is 0 Å². The molecule has 0 aliphatic carbocycles. The molecule has 2 aromatic carbocycles. The zero-order chi connectivity index (χ0) is 13.0. The monoisotopic (exact) mass is 307 g/mol. The third kappa shape index (κ3) is 3.18. The van der Waals surface area contributed by atoms with Crippen molar-refractivity contribution in [2.75, 3.05) is 7.05 Å². The highest BCUT2D eigenvalue weighted by atomic mass is 79.9. The molecule has 0 saturated heterocycles. The standard InChI is InChI=1S/C15H15BrFN/c1-18-15(9-11-5-3-2-4-6-11)12-7-8-13(16)14(17)10-12/h2-8,10,15,18H,9H2,1H3. The van der Waals surface area contributed by atoms with Crippen molar-refractivity contribution in [3.05, 3.63) is 69.9 Å². The molecule has 1 nitrogen and oxygen atoms in total. The Morgan fingerprint density at radius 3 is 2.50 bits per heavy atom. The molecule has 0 aromatic heterocycles. The Balaban J connectivity index is 2.20. The number of nitrogens with one attached hydrogen (secondary N) is 1. The molecule has 94 valence electrons. The number of likely N-dealkylation sites (N-methyl/N-ethyl adjacent to an activating group) is 1. The number of rotatable bonds is 4. The van der Waals surface area contributed by atoms with Crippen LogP contribution < -0.4 is 5.32 Å². The Morgan fingerprint density at radius 1 is 1.17 bits per heavy atom. The van der Waals surface area contributed by atoms with E-state index >= 15 is 0 Å². The number of hydrogen-bond acceptors (Lipinski definition) is 1. The van der Waals surface area contributed by atoms with Crippen LogP contribution in [0.4, 0.5) is 4.39 Å². The smallest absolute Gasteiger partial charge is 0.137 e. The summed E-state index contributed by atoms with van der Waals surface area (Å²) in [6.07, 6.45) is 0.846. The third-order valence-corrected chi connectivity index (χ3v) is 3.62. The molecule has 18 heavy (non-hydrogen) atoms. The number of benzene rings is 2. The zero-order valence-electron chi connectivity index (χ0n) is 10.2. The molecule has 0 saturated carbocycles. The molecular weight excluding hydrogens is 293 g/mol. The maximum absolute atomic E-state index is 13.5. The zero-order valence-corrected chi connectivity index (χ0v) is 11.7. The van der Waals surface area contributed by atoms with Crippen LogP contribution in [-0.2, 0) is 6.42 Å². The van der Waals surface area contributed by atoms with Gasteiger partial charge in [-0.05, 0) is 52.7 Å². The lowest BCUT2D eigenvalue weighted by atomic mass is 9.99. The third-order valence-electron chi connectivity index (χ3n) is 2.98. The van der Waals surface area contributed by atoms with E-state index in [0.717, 1.165) is 12.0 Å². The fourth-order valence-electron chi connectivity index (χ4n) is 1.97. The van der Waals surface area contributed by atoms with Crippen LogP contribution in [0.25, 0.3) is 0 Å². The predicted octanol–water partition coefficient (Wildman–Crippen LogP) is 4.09. The molecule has 1 N–H and O–H groups in total. The van der Waals surface area contributed by atoms with E-state index in [0.29, 0.717) is 4.47 Å². The first-order chi connectivity index (χ1) is 8.70. The summed E-state index contributed by atoms with van der Waals surface area (Å²) in [5.41, 5.74) is 2.20. The predicted molar refractivity (Wildman–Crippen MR) is 76.0 cm³/mol. The summed E-state index contributed by atoms with van der Waals surface area (Å²) in [4.78, 5) is 0. The molecule has 0 fully saturated rings. The normalized spacial score (nSPS) is 12.4. The fraction of sp³-hybridized carbons (Fsp3) is 0.200. The van der Waals surface area contributed by atoms with Gasteiger partial charge in [-0.3, -0.25) is 0 Å². The van der Waals surface area contributed by atoms with E-state index in [2.05, 4.69) is 33.4 Å². The van der Waals surface area contributed by atoms with Gasteiger partial charge in [-0.15, -0.1) is 0 Å². The average molecular weight is 308 g/mol. The summed E-state index contributed by atoms with van der Waals surface area (Å²) in [6, 6.07) is 15.6. The molecule has 0 amide bonds. The van der Waals surface area contributed by atoms with Crippen LogP contribution in [0.5, 0.6) is 0 Å².